The lowest BCUT2D eigenvalue weighted by molar-refractivity contribution is 0.0743. The Morgan fingerprint density at radius 1 is 1.03 bits per heavy atom. The lowest BCUT2D eigenvalue weighted by Gasteiger charge is -2.26. The fourth-order valence-corrected chi connectivity index (χ4v) is 5.05. The predicted molar refractivity (Wildman–Crippen MR) is 143 cm³/mol. The van der Waals surface area contributed by atoms with Gasteiger partial charge in [0.1, 0.15) is 0 Å². The van der Waals surface area contributed by atoms with E-state index in [2.05, 4.69) is 29.7 Å². The molecule has 0 aliphatic carbocycles. The van der Waals surface area contributed by atoms with Crippen molar-refractivity contribution in [1.29, 1.82) is 0 Å². The standard InChI is InChI=1S/C27H33Cl2N5O/c1-19-25(27(35)32-33-16-6-3-7-17-33)31-34(24-14-13-22(28)18-23(24)29)26(19)21-11-9-20(10-12-21)8-4-2-5-15-30/h9-14,18H,2-8,15-17,30H2,1H3,(H,32,35). The zero-order valence-corrected chi connectivity index (χ0v) is 21.7. The third-order valence-electron chi connectivity index (χ3n) is 6.49. The summed E-state index contributed by atoms with van der Waals surface area (Å²) < 4.78 is 1.76. The molecule has 0 spiro atoms. The van der Waals surface area contributed by atoms with Crippen LogP contribution in [0.5, 0.6) is 0 Å². The van der Waals surface area contributed by atoms with Gasteiger partial charge in [0.05, 0.1) is 16.4 Å². The van der Waals surface area contributed by atoms with Gasteiger partial charge < -0.3 is 5.73 Å². The Kier molecular flexibility index (Phi) is 8.84. The van der Waals surface area contributed by atoms with E-state index < -0.39 is 0 Å². The summed E-state index contributed by atoms with van der Waals surface area (Å²) in [5.74, 6) is -0.203. The first-order valence-corrected chi connectivity index (χ1v) is 13.1. The lowest BCUT2D eigenvalue weighted by Crippen LogP contribution is -2.45. The van der Waals surface area contributed by atoms with Crippen LogP contribution >= 0.6 is 23.2 Å². The topological polar surface area (TPSA) is 76.2 Å². The number of hydrogen-bond acceptors (Lipinski definition) is 4. The first-order chi connectivity index (χ1) is 17.0. The number of carbonyl (C=O) groups excluding carboxylic acids is 1. The summed E-state index contributed by atoms with van der Waals surface area (Å²) in [5.41, 5.74) is 13.6. The summed E-state index contributed by atoms with van der Waals surface area (Å²) in [7, 11) is 0. The predicted octanol–water partition coefficient (Wildman–Crippen LogP) is 5.96. The largest absolute Gasteiger partial charge is 0.330 e. The van der Waals surface area contributed by atoms with Crippen LogP contribution in [0, 0.1) is 6.92 Å². The number of nitrogens with two attached hydrogens (primary N) is 1. The van der Waals surface area contributed by atoms with Gasteiger partial charge in [0, 0.05) is 29.2 Å². The van der Waals surface area contributed by atoms with Crippen molar-refractivity contribution in [3.05, 3.63) is 69.3 Å². The molecule has 3 aromatic rings. The molecule has 1 saturated heterocycles. The number of piperidine rings is 1. The van der Waals surface area contributed by atoms with Crippen LogP contribution in [0.15, 0.2) is 42.5 Å². The van der Waals surface area contributed by atoms with Gasteiger partial charge >= 0.3 is 0 Å². The molecule has 0 atom stereocenters. The molecule has 1 aliphatic heterocycles. The number of aromatic nitrogens is 2. The van der Waals surface area contributed by atoms with E-state index in [1.807, 2.05) is 18.0 Å². The van der Waals surface area contributed by atoms with Gasteiger partial charge in [-0.25, -0.2) is 9.69 Å². The lowest BCUT2D eigenvalue weighted by atomic mass is 10.0. The number of nitrogens with zero attached hydrogens (tertiary/aromatic N) is 3. The Labute approximate surface area is 217 Å². The number of rotatable bonds is 9. The van der Waals surface area contributed by atoms with Crippen molar-refractivity contribution in [3.8, 4) is 16.9 Å². The highest BCUT2D eigenvalue weighted by Crippen LogP contribution is 2.33. The van der Waals surface area contributed by atoms with Gasteiger partial charge in [0.15, 0.2) is 5.69 Å². The summed E-state index contributed by atoms with van der Waals surface area (Å²) in [4.78, 5) is 13.2. The first-order valence-electron chi connectivity index (χ1n) is 12.4. The van der Waals surface area contributed by atoms with E-state index in [-0.39, 0.29) is 5.91 Å². The van der Waals surface area contributed by atoms with Crippen molar-refractivity contribution >= 4 is 29.1 Å². The smallest absolute Gasteiger partial charge is 0.286 e. The first kappa shape index (κ1) is 25.7. The van der Waals surface area contributed by atoms with E-state index in [1.54, 1.807) is 16.8 Å². The Morgan fingerprint density at radius 2 is 1.77 bits per heavy atom. The van der Waals surface area contributed by atoms with E-state index in [9.17, 15) is 4.79 Å². The van der Waals surface area contributed by atoms with E-state index >= 15 is 0 Å². The summed E-state index contributed by atoms with van der Waals surface area (Å²) in [6.07, 6.45) is 7.69. The van der Waals surface area contributed by atoms with E-state index in [0.29, 0.717) is 21.4 Å². The quantitative estimate of drug-likeness (QED) is 0.346. The van der Waals surface area contributed by atoms with Gasteiger partial charge in [-0.2, -0.15) is 5.10 Å². The SMILES string of the molecule is Cc1c(C(=O)NN2CCCCC2)nn(-c2ccc(Cl)cc2Cl)c1-c1ccc(CCCCCN)cc1. The normalized spacial score (nSPS) is 14.3. The monoisotopic (exact) mass is 513 g/mol. The molecule has 6 nitrogen and oxygen atoms in total. The molecule has 8 heteroatoms. The molecule has 1 aromatic heterocycles. The van der Waals surface area contributed by atoms with Crippen molar-refractivity contribution in [3.63, 3.8) is 0 Å². The maximum absolute atomic E-state index is 13.2. The minimum absolute atomic E-state index is 0.203. The molecule has 35 heavy (non-hydrogen) atoms. The van der Waals surface area contributed by atoms with Crippen LogP contribution in [0.2, 0.25) is 10.0 Å². The maximum atomic E-state index is 13.2. The number of amides is 1. The molecule has 4 rings (SSSR count). The summed E-state index contributed by atoms with van der Waals surface area (Å²) in [6.45, 7) is 4.39. The molecule has 2 heterocycles. The highest BCUT2D eigenvalue weighted by molar-refractivity contribution is 6.35. The van der Waals surface area contributed by atoms with Crippen molar-refractivity contribution in [2.75, 3.05) is 19.6 Å². The third kappa shape index (κ3) is 6.25. The van der Waals surface area contributed by atoms with Gasteiger partial charge in [0.25, 0.3) is 5.91 Å². The van der Waals surface area contributed by atoms with Crippen molar-refractivity contribution in [2.45, 2.75) is 51.9 Å². The molecule has 3 N–H and O–H groups in total. The van der Waals surface area contributed by atoms with E-state index in [0.717, 1.165) is 75.0 Å². The van der Waals surface area contributed by atoms with Crippen LogP contribution in [0.25, 0.3) is 16.9 Å². The number of halogens is 2. The highest BCUT2D eigenvalue weighted by Gasteiger charge is 2.25. The second kappa shape index (κ2) is 12.0. The Balaban J connectivity index is 1.68. The second-order valence-electron chi connectivity index (χ2n) is 9.11. The van der Waals surface area contributed by atoms with Crippen molar-refractivity contribution in [2.24, 2.45) is 5.73 Å². The fraction of sp³-hybridized carbons (Fsp3) is 0.407. The molecule has 0 bridgehead atoms. The minimum atomic E-state index is -0.203. The number of carbonyl (C=O) groups is 1. The van der Waals surface area contributed by atoms with Crippen LogP contribution in [-0.4, -0.2) is 40.3 Å². The molecule has 0 unspecified atom stereocenters. The summed E-state index contributed by atoms with van der Waals surface area (Å²) in [6, 6.07) is 13.8. The zero-order chi connectivity index (χ0) is 24.8. The molecule has 0 saturated carbocycles. The molecule has 1 amide bonds. The zero-order valence-electron chi connectivity index (χ0n) is 20.2. The minimum Gasteiger partial charge on any atom is -0.330 e. The van der Waals surface area contributed by atoms with Crippen LogP contribution in [0.1, 0.15) is 60.1 Å². The Hall–Kier alpha value is -2.38. The highest BCUT2D eigenvalue weighted by atomic mass is 35.5. The molecule has 2 aromatic carbocycles. The van der Waals surface area contributed by atoms with Crippen molar-refractivity contribution in [1.82, 2.24) is 20.2 Å². The summed E-state index contributed by atoms with van der Waals surface area (Å²) >= 11 is 12.7. The Morgan fingerprint density at radius 3 is 2.46 bits per heavy atom. The fourth-order valence-electron chi connectivity index (χ4n) is 4.56. The van der Waals surface area contributed by atoms with Crippen LogP contribution < -0.4 is 11.2 Å². The number of aryl methyl sites for hydroxylation is 1. The average molecular weight is 515 g/mol. The molecular formula is C27H33Cl2N5O. The van der Waals surface area contributed by atoms with Crippen LogP contribution in [0.3, 0.4) is 0 Å². The number of benzene rings is 2. The van der Waals surface area contributed by atoms with E-state index in [1.165, 1.54) is 12.0 Å². The average Bonchev–Trinajstić information content (AvgIpc) is 3.19. The van der Waals surface area contributed by atoms with Gasteiger partial charge in [-0.05, 0) is 69.3 Å². The van der Waals surface area contributed by atoms with Gasteiger partial charge in [0.2, 0.25) is 0 Å². The summed E-state index contributed by atoms with van der Waals surface area (Å²) in [5, 5.41) is 7.75. The van der Waals surface area contributed by atoms with Crippen LogP contribution in [-0.2, 0) is 6.42 Å². The number of nitrogens with one attached hydrogen (secondary N) is 1. The maximum Gasteiger partial charge on any atom is 0.286 e. The van der Waals surface area contributed by atoms with Gasteiger partial charge in [-0.1, -0.05) is 60.3 Å². The molecule has 1 aliphatic rings. The van der Waals surface area contributed by atoms with Gasteiger partial charge in [-0.15, -0.1) is 0 Å². The number of hydrazine groups is 1. The van der Waals surface area contributed by atoms with Gasteiger partial charge in [-0.3, -0.25) is 10.2 Å². The number of hydrogen-bond donors (Lipinski definition) is 2. The second-order valence-corrected chi connectivity index (χ2v) is 9.96. The molecule has 1 fully saturated rings. The molecule has 0 radical (unpaired) electrons. The molecular weight excluding hydrogens is 481 g/mol. The molecule has 186 valence electrons. The van der Waals surface area contributed by atoms with Crippen LogP contribution in [0.4, 0.5) is 0 Å². The Bertz CT molecular complexity index is 1150. The van der Waals surface area contributed by atoms with E-state index in [4.69, 9.17) is 34.0 Å². The third-order valence-corrected chi connectivity index (χ3v) is 7.03. The number of unbranched alkanes of at least 4 members (excludes halogenated alkanes) is 2. The van der Waals surface area contributed by atoms with Crippen molar-refractivity contribution < 1.29 is 4.79 Å².